The molecule has 0 radical (unpaired) electrons. The van der Waals surface area contributed by atoms with Crippen LogP contribution in [0, 0.1) is 13.8 Å². The number of ether oxygens (including phenoxy) is 3. The van der Waals surface area contributed by atoms with Crippen LogP contribution in [0.1, 0.15) is 42.4 Å². The standard InChI is InChI=1S/C31H31N3O5S/c1-7-39-30(36)27-19(3)32-31-34(28(27)24-17-23(37-5)13-14-25(24)38-6)29(35)26(40-31)16-21-15-18(2)33(20(21)4)22-11-9-8-10-12-22/h8-17,28H,7H2,1-6H3/b26-16+/t28-/m0/s1. The molecule has 0 unspecified atom stereocenters. The monoisotopic (exact) mass is 557 g/mol. The van der Waals surface area contributed by atoms with Crippen LogP contribution in [0.25, 0.3) is 11.8 Å². The number of hydrogen-bond acceptors (Lipinski definition) is 7. The van der Waals surface area contributed by atoms with E-state index < -0.39 is 12.0 Å². The van der Waals surface area contributed by atoms with Crippen molar-refractivity contribution in [2.45, 2.75) is 33.7 Å². The number of methoxy groups -OCH3 is 2. The first kappa shape index (κ1) is 27.2. The number of benzene rings is 2. The maximum absolute atomic E-state index is 14.1. The number of para-hydroxylation sites is 1. The number of hydrogen-bond donors (Lipinski definition) is 0. The van der Waals surface area contributed by atoms with Crippen molar-refractivity contribution in [1.29, 1.82) is 0 Å². The first-order valence-electron chi connectivity index (χ1n) is 12.9. The molecule has 0 amide bonds. The summed E-state index contributed by atoms with van der Waals surface area (Å²) in [6.07, 6.45) is 1.90. The first-order chi connectivity index (χ1) is 19.3. The van der Waals surface area contributed by atoms with Gasteiger partial charge in [-0.3, -0.25) is 9.36 Å². The summed E-state index contributed by atoms with van der Waals surface area (Å²) in [5.41, 5.74) is 5.19. The molecule has 2 aromatic heterocycles. The number of thiazole rings is 1. The number of carbonyl (C=O) groups excluding carboxylic acids is 1. The fraction of sp³-hybridized carbons (Fsp3) is 0.258. The normalized spacial score (nSPS) is 15.1. The molecule has 40 heavy (non-hydrogen) atoms. The molecule has 0 aliphatic carbocycles. The Bertz CT molecular complexity index is 1810. The number of aromatic nitrogens is 2. The summed E-state index contributed by atoms with van der Waals surface area (Å²) in [6.45, 7) is 7.78. The van der Waals surface area contributed by atoms with E-state index in [2.05, 4.69) is 27.8 Å². The van der Waals surface area contributed by atoms with Crippen LogP contribution in [0.3, 0.4) is 0 Å². The zero-order chi connectivity index (χ0) is 28.6. The van der Waals surface area contributed by atoms with E-state index in [0.717, 1.165) is 22.6 Å². The van der Waals surface area contributed by atoms with Gasteiger partial charge in [0.15, 0.2) is 4.80 Å². The van der Waals surface area contributed by atoms with Gasteiger partial charge in [0.05, 0.1) is 36.6 Å². The zero-order valence-corrected chi connectivity index (χ0v) is 24.2. The molecule has 3 heterocycles. The molecule has 206 valence electrons. The van der Waals surface area contributed by atoms with Crippen LogP contribution in [-0.4, -0.2) is 35.9 Å². The third-order valence-electron chi connectivity index (χ3n) is 7.02. The number of rotatable bonds is 7. The molecule has 1 aliphatic rings. The molecule has 9 heteroatoms. The molecule has 0 spiro atoms. The maximum Gasteiger partial charge on any atom is 0.338 e. The third-order valence-corrected chi connectivity index (χ3v) is 8.00. The highest BCUT2D eigenvalue weighted by atomic mass is 32.1. The Labute approximate surface area is 236 Å². The highest BCUT2D eigenvalue weighted by molar-refractivity contribution is 7.07. The zero-order valence-electron chi connectivity index (χ0n) is 23.3. The Kier molecular flexibility index (Phi) is 7.49. The van der Waals surface area contributed by atoms with Crippen LogP contribution in [0.5, 0.6) is 11.5 Å². The number of esters is 1. The van der Waals surface area contributed by atoms with E-state index in [1.165, 1.54) is 11.3 Å². The minimum atomic E-state index is -0.806. The number of nitrogens with zero attached hydrogens (tertiary/aromatic N) is 3. The summed E-state index contributed by atoms with van der Waals surface area (Å²) in [7, 11) is 3.12. The smallest absolute Gasteiger partial charge is 0.338 e. The number of allylic oxidation sites excluding steroid dienone is 1. The minimum absolute atomic E-state index is 0.193. The van der Waals surface area contributed by atoms with Gasteiger partial charge in [-0.05, 0) is 75.7 Å². The fourth-order valence-corrected chi connectivity index (χ4v) is 6.23. The van der Waals surface area contributed by atoms with Gasteiger partial charge in [0.25, 0.3) is 5.56 Å². The predicted molar refractivity (Wildman–Crippen MR) is 155 cm³/mol. The van der Waals surface area contributed by atoms with Crippen molar-refractivity contribution in [1.82, 2.24) is 9.13 Å². The van der Waals surface area contributed by atoms with E-state index in [1.807, 2.05) is 38.1 Å². The molecule has 0 saturated carbocycles. The lowest BCUT2D eigenvalue weighted by molar-refractivity contribution is -0.139. The average molecular weight is 558 g/mol. The van der Waals surface area contributed by atoms with Gasteiger partial charge in [0.2, 0.25) is 0 Å². The molecular weight excluding hydrogens is 526 g/mol. The van der Waals surface area contributed by atoms with E-state index in [4.69, 9.17) is 14.2 Å². The molecule has 5 rings (SSSR count). The van der Waals surface area contributed by atoms with E-state index in [0.29, 0.717) is 32.1 Å². The van der Waals surface area contributed by atoms with Crippen molar-refractivity contribution in [3.63, 3.8) is 0 Å². The van der Waals surface area contributed by atoms with Crippen molar-refractivity contribution in [3.8, 4) is 17.2 Å². The van der Waals surface area contributed by atoms with Crippen molar-refractivity contribution >= 4 is 23.4 Å². The van der Waals surface area contributed by atoms with Gasteiger partial charge in [-0.25, -0.2) is 9.79 Å². The van der Waals surface area contributed by atoms with Crippen molar-refractivity contribution in [2.75, 3.05) is 20.8 Å². The second-order valence-electron chi connectivity index (χ2n) is 9.41. The molecule has 0 N–H and O–H groups in total. The van der Waals surface area contributed by atoms with Crippen LogP contribution in [0.2, 0.25) is 0 Å². The Balaban J connectivity index is 1.74. The lowest BCUT2D eigenvalue weighted by atomic mass is 9.94. The average Bonchev–Trinajstić information content (AvgIpc) is 3.41. The molecule has 8 nitrogen and oxygen atoms in total. The van der Waals surface area contributed by atoms with Gasteiger partial charge in [-0.2, -0.15) is 0 Å². The maximum atomic E-state index is 14.1. The van der Waals surface area contributed by atoms with Gasteiger partial charge in [0, 0.05) is 22.6 Å². The largest absolute Gasteiger partial charge is 0.497 e. The lowest BCUT2D eigenvalue weighted by Crippen LogP contribution is -2.40. The highest BCUT2D eigenvalue weighted by Gasteiger charge is 2.35. The van der Waals surface area contributed by atoms with Gasteiger partial charge < -0.3 is 18.8 Å². The second kappa shape index (κ2) is 11.0. The molecule has 1 aliphatic heterocycles. The summed E-state index contributed by atoms with van der Waals surface area (Å²) >= 11 is 1.29. The Morgan fingerprint density at radius 2 is 1.80 bits per heavy atom. The van der Waals surface area contributed by atoms with Crippen molar-refractivity contribution in [2.24, 2.45) is 4.99 Å². The fourth-order valence-electron chi connectivity index (χ4n) is 5.19. The van der Waals surface area contributed by atoms with Gasteiger partial charge in [-0.15, -0.1) is 0 Å². The number of aryl methyl sites for hydroxylation is 1. The highest BCUT2D eigenvalue weighted by Crippen LogP contribution is 2.37. The summed E-state index contributed by atoms with van der Waals surface area (Å²) in [6, 6.07) is 16.7. The molecule has 1 atom stereocenters. The summed E-state index contributed by atoms with van der Waals surface area (Å²) in [5.74, 6) is 0.562. The van der Waals surface area contributed by atoms with Crippen LogP contribution in [-0.2, 0) is 9.53 Å². The predicted octanol–water partition coefficient (Wildman–Crippen LogP) is 4.22. The quantitative estimate of drug-likeness (QED) is 0.318. The second-order valence-corrected chi connectivity index (χ2v) is 10.4. The third kappa shape index (κ3) is 4.66. The number of fused-ring (bicyclic) bond motifs is 1. The minimum Gasteiger partial charge on any atom is -0.497 e. The van der Waals surface area contributed by atoms with Gasteiger partial charge >= 0.3 is 5.97 Å². The van der Waals surface area contributed by atoms with E-state index in [9.17, 15) is 9.59 Å². The Morgan fingerprint density at radius 1 is 1.05 bits per heavy atom. The van der Waals surface area contributed by atoms with E-state index >= 15 is 0 Å². The van der Waals surface area contributed by atoms with Crippen LogP contribution in [0.4, 0.5) is 0 Å². The number of carbonyl (C=O) groups is 1. The SMILES string of the molecule is CCOC(=O)C1=C(C)N=c2s/c(=C/c3cc(C)n(-c4ccccc4)c3C)c(=O)n2[C@H]1c1cc(OC)ccc1OC. The molecule has 0 fully saturated rings. The van der Waals surface area contributed by atoms with E-state index in [-0.39, 0.29) is 17.7 Å². The summed E-state index contributed by atoms with van der Waals surface area (Å²) in [5, 5.41) is 0. The van der Waals surface area contributed by atoms with Crippen LogP contribution >= 0.6 is 11.3 Å². The molecule has 0 bridgehead atoms. The molecular formula is C31H31N3O5S. The van der Waals surface area contributed by atoms with Crippen molar-refractivity contribution in [3.05, 3.63) is 108 Å². The van der Waals surface area contributed by atoms with Crippen LogP contribution < -0.4 is 24.4 Å². The van der Waals surface area contributed by atoms with E-state index in [1.54, 1.807) is 50.8 Å². The van der Waals surface area contributed by atoms with Crippen molar-refractivity contribution < 1.29 is 19.0 Å². The Morgan fingerprint density at radius 3 is 2.48 bits per heavy atom. The van der Waals surface area contributed by atoms with Gasteiger partial charge in [-0.1, -0.05) is 29.5 Å². The Hall–Kier alpha value is -4.37. The van der Waals surface area contributed by atoms with Gasteiger partial charge in [0.1, 0.15) is 17.5 Å². The van der Waals surface area contributed by atoms with Crippen LogP contribution in [0.15, 0.2) is 75.7 Å². The summed E-state index contributed by atoms with van der Waals surface area (Å²) < 4.78 is 20.8. The topological polar surface area (TPSA) is 84.1 Å². The molecule has 0 saturated heterocycles. The summed E-state index contributed by atoms with van der Waals surface area (Å²) in [4.78, 5) is 32.5. The first-order valence-corrected chi connectivity index (χ1v) is 13.8. The molecule has 4 aromatic rings. The lowest BCUT2D eigenvalue weighted by Gasteiger charge is -2.26. The molecule has 2 aromatic carbocycles.